The second-order valence-corrected chi connectivity index (χ2v) is 11.0. The molecule has 0 spiro atoms. The molecule has 2 aromatic rings. The average molecular weight is 436 g/mol. The zero-order valence-corrected chi connectivity index (χ0v) is 18.6. The van der Waals surface area contributed by atoms with Crippen LogP contribution in [0.25, 0.3) is 11.0 Å². The first-order chi connectivity index (χ1) is 14.0. The number of hydrogen-bond donors (Lipinski definition) is 0. The lowest BCUT2D eigenvalue weighted by atomic mass is 10.2. The molecule has 2 aliphatic rings. The van der Waals surface area contributed by atoms with Gasteiger partial charge in [-0.05, 0) is 50.8 Å². The lowest BCUT2D eigenvalue weighted by Crippen LogP contribution is -2.35. The van der Waals surface area contributed by atoms with Crippen LogP contribution in [0.5, 0.6) is 0 Å². The maximum atomic E-state index is 13.0. The fraction of sp³-hybridized carbons (Fsp3) is 0.619. The molecule has 6 nitrogen and oxygen atoms in total. The fourth-order valence-electron chi connectivity index (χ4n) is 4.28. The molecule has 4 rings (SSSR count). The molecule has 1 saturated heterocycles. The number of thioether (sulfide) groups is 1. The summed E-state index contributed by atoms with van der Waals surface area (Å²) in [5, 5.41) is 0.770. The van der Waals surface area contributed by atoms with Crippen molar-refractivity contribution in [3.8, 4) is 0 Å². The van der Waals surface area contributed by atoms with Gasteiger partial charge < -0.3 is 4.57 Å². The third-order valence-corrected chi connectivity index (χ3v) is 9.15. The lowest BCUT2D eigenvalue weighted by Gasteiger charge is -2.25. The molecule has 8 heteroatoms. The molecule has 0 bridgehead atoms. The van der Waals surface area contributed by atoms with Gasteiger partial charge in [-0.15, -0.1) is 0 Å². The molecule has 0 radical (unpaired) electrons. The average Bonchev–Trinajstić information content (AvgIpc) is 2.96. The van der Waals surface area contributed by atoms with Crippen molar-refractivity contribution in [2.24, 2.45) is 0 Å². The number of fused-ring (bicyclic) bond motifs is 1. The van der Waals surface area contributed by atoms with Crippen LogP contribution in [0.4, 0.5) is 0 Å². The number of aromatic nitrogens is 2. The van der Waals surface area contributed by atoms with Crippen LogP contribution in [0.2, 0.25) is 0 Å². The number of imidazole rings is 1. The largest absolute Gasteiger partial charge is 0.319 e. The molecule has 1 aromatic heterocycles. The first kappa shape index (κ1) is 20.9. The van der Waals surface area contributed by atoms with Crippen molar-refractivity contribution in [1.29, 1.82) is 0 Å². The Morgan fingerprint density at radius 2 is 1.86 bits per heavy atom. The number of Topliss-reactive ketones (excluding diaryl/α,β-unsaturated/α-hetero) is 1. The van der Waals surface area contributed by atoms with E-state index in [1.165, 1.54) is 0 Å². The summed E-state index contributed by atoms with van der Waals surface area (Å²) in [6.45, 7) is 3.97. The number of hydrogen-bond acceptors (Lipinski definition) is 5. The zero-order chi connectivity index (χ0) is 20.4. The van der Waals surface area contributed by atoms with Crippen molar-refractivity contribution in [2.45, 2.75) is 80.1 Å². The molecule has 1 aromatic carbocycles. The van der Waals surface area contributed by atoms with Gasteiger partial charge in [0.2, 0.25) is 10.0 Å². The monoisotopic (exact) mass is 435 g/mol. The normalized spacial score (nSPS) is 22.1. The van der Waals surface area contributed by atoms with Crippen molar-refractivity contribution in [3.05, 3.63) is 18.2 Å². The van der Waals surface area contributed by atoms with Gasteiger partial charge >= 0.3 is 0 Å². The first-order valence-electron chi connectivity index (χ1n) is 10.7. The van der Waals surface area contributed by atoms with Crippen molar-refractivity contribution in [1.82, 2.24) is 13.9 Å². The Balaban J connectivity index is 1.66. The lowest BCUT2D eigenvalue weighted by molar-refractivity contribution is -0.118. The number of carbonyl (C=O) groups is 1. The van der Waals surface area contributed by atoms with Crippen molar-refractivity contribution < 1.29 is 13.2 Å². The van der Waals surface area contributed by atoms with Crippen LogP contribution in [0.15, 0.2) is 28.3 Å². The molecular weight excluding hydrogens is 406 g/mol. The Morgan fingerprint density at radius 3 is 2.62 bits per heavy atom. The Labute approximate surface area is 177 Å². The standard InChI is InChI=1S/C21H29N3O3S2/c1-2-24-18-12-11-16(29(26,27)23-13-7-4-8-14-23)15-17(18)22-21(24)28-20-10-6-3-5-9-19(20)25/h11-12,15,20H,2-10,13-14H2,1H3/t20-/m0/s1. The van der Waals surface area contributed by atoms with E-state index >= 15 is 0 Å². The Hall–Kier alpha value is -1.38. The summed E-state index contributed by atoms with van der Waals surface area (Å²) in [7, 11) is -3.48. The number of piperidine rings is 1. The summed E-state index contributed by atoms with van der Waals surface area (Å²) in [5.74, 6) is 0.315. The van der Waals surface area contributed by atoms with Crippen LogP contribution < -0.4 is 0 Å². The number of carbonyl (C=O) groups excluding carboxylic acids is 1. The van der Waals surface area contributed by atoms with E-state index in [-0.39, 0.29) is 5.25 Å². The molecule has 0 amide bonds. The van der Waals surface area contributed by atoms with Crippen LogP contribution in [0.1, 0.15) is 58.3 Å². The minimum Gasteiger partial charge on any atom is -0.319 e. The third kappa shape index (κ3) is 4.25. The van der Waals surface area contributed by atoms with Gasteiger partial charge in [0.25, 0.3) is 0 Å². The number of ketones is 1. The van der Waals surface area contributed by atoms with E-state index in [1.807, 2.05) is 6.07 Å². The highest BCUT2D eigenvalue weighted by Gasteiger charge is 2.28. The van der Waals surface area contributed by atoms with E-state index in [9.17, 15) is 13.2 Å². The second-order valence-electron chi connectivity index (χ2n) is 7.93. The summed E-state index contributed by atoms with van der Waals surface area (Å²) in [6, 6.07) is 5.26. The van der Waals surface area contributed by atoms with Gasteiger partial charge in [-0.3, -0.25) is 4.79 Å². The number of rotatable bonds is 5. The maximum Gasteiger partial charge on any atom is 0.243 e. The molecule has 1 aliphatic carbocycles. The smallest absolute Gasteiger partial charge is 0.243 e. The Bertz CT molecular complexity index is 994. The molecule has 1 atom stereocenters. The third-order valence-electron chi connectivity index (χ3n) is 5.95. The van der Waals surface area contributed by atoms with Gasteiger partial charge in [0.05, 0.1) is 21.2 Å². The van der Waals surface area contributed by atoms with Crippen molar-refractivity contribution in [2.75, 3.05) is 13.1 Å². The summed E-state index contributed by atoms with van der Waals surface area (Å²) < 4.78 is 29.7. The van der Waals surface area contributed by atoms with Gasteiger partial charge in [-0.1, -0.05) is 31.0 Å². The predicted octanol–water partition coefficient (Wildman–Crippen LogP) is 4.22. The molecule has 0 unspecified atom stereocenters. The number of aryl methyl sites for hydroxylation is 1. The van der Waals surface area contributed by atoms with E-state index in [2.05, 4.69) is 11.5 Å². The second kappa shape index (κ2) is 8.78. The van der Waals surface area contributed by atoms with Crippen LogP contribution in [0, 0.1) is 0 Å². The van der Waals surface area contributed by atoms with Crippen LogP contribution in [-0.4, -0.2) is 46.4 Å². The molecule has 0 N–H and O–H groups in total. The van der Waals surface area contributed by atoms with Crippen molar-refractivity contribution in [3.63, 3.8) is 0 Å². The summed E-state index contributed by atoms with van der Waals surface area (Å²) in [6.07, 6.45) is 7.65. The van der Waals surface area contributed by atoms with Gasteiger partial charge in [0.15, 0.2) is 5.16 Å². The number of sulfonamides is 1. The number of benzene rings is 1. The minimum absolute atomic E-state index is 0.0452. The molecule has 1 saturated carbocycles. The van der Waals surface area contributed by atoms with E-state index < -0.39 is 10.0 Å². The van der Waals surface area contributed by atoms with E-state index in [4.69, 9.17) is 4.98 Å². The summed E-state index contributed by atoms with van der Waals surface area (Å²) >= 11 is 1.55. The topological polar surface area (TPSA) is 72.3 Å². The first-order valence-corrected chi connectivity index (χ1v) is 13.0. The highest BCUT2D eigenvalue weighted by molar-refractivity contribution is 8.00. The molecule has 2 fully saturated rings. The summed E-state index contributed by atoms with van der Waals surface area (Å²) in [5.41, 5.74) is 1.61. The summed E-state index contributed by atoms with van der Waals surface area (Å²) in [4.78, 5) is 17.5. The predicted molar refractivity (Wildman–Crippen MR) is 116 cm³/mol. The van der Waals surface area contributed by atoms with Gasteiger partial charge in [0.1, 0.15) is 5.78 Å². The zero-order valence-electron chi connectivity index (χ0n) is 17.0. The molecule has 2 heterocycles. The fourth-order valence-corrected chi connectivity index (χ4v) is 7.11. The SMILES string of the molecule is CCn1c(S[C@H]2CCCCCC2=O)nc2cc(S(=O)(=O)N3CCCCC3)ccc21. The number of nitrogens with zero attached hydrogens (tertiary/aromatic N) is 3. The Morgan fingerprint density at radius 1 is 1.10 bits per heavy atom. The van der Waals surface area contributed by atoms with E-state index in [0.717, 1.165) is 62.2 Å². The van der Waals surface area contributed by atoms with Crippen LogP contribution >= 0.6 is 11.8 Å². The quantitative estimate of drug-likeness (QED) is 0.658. The van der Waals surface area contributed by atoms with Gasteiger partial charge in [-0.2, -0.15) is 4.31 Å². The van der Waals surface area contributed by atoms with E-state index in [1.54, 1.807) is 28.2 Å². The van der Waals surface area contributed by atoms with Gasteiger partial charge in [-0.25, -0.2) is 13.4 Å². The van der Waals surface area contributed by atoms with E-state index in [0.29, 0.717) is 35.7 Å². The van der Waals surface area contributed by atoms with Gasteiger partial charge in [0, 0.05) is 26.1 Å². The maximum absolute atomic E-state index is 13.0. The molecular formula is C21H29N3O3S2. The highest BCUT2D eigenvalue weighted by Crippen LogP contribution is 2.33. The van der Waals surface area contributed by atoms with Crippen LogP contribution in [0.3, 0.4) is 0 Å². The molecule has 1 aliphatic heterocycles. The molecule has 29 heavy (non-hydrogen) atoms. The minimum atomic E-state index is -3.48. The highest BCUT2D eigenvalue weighted by atomic mass is 32.2. The molecule has 158 valence electrons. The Kier molecular flexibility index (Phi) is 6.32. The van der Waals surface area contributed by atoms with Crippen molar-refractivity contribution >= 4 is 38.6 Å². The van der Waals surface area contributed by atoms with Crippen LogP contribution in [-0.2, 0) is 21.4 Å².